The predicted molar refractivity (Wildman–Crippen MR) is 98.3 cm³/mol. The Morgan fingerprint density at radius 3 is 2.50 bits per heavy atom. The van der Waals surface area contributed by atoms with E-state index in [-0.39, 0.29) is 0 Å². The summed E-state index contributed by atoms with van der Waals surface area (Å²) in [6, 6.07) is 15.9. The van der Waals surface area contributed by atoms with Crippen LogP contribution in [0.3, 0.4) is 0 Å². The lowest BCUT2D eigenvalue weighted by Gasteiger charge is -2.39. The Morgan fingerprint density at radius 2 is 1.81 bits per heavy atom. The Labute approximate surface area is 153 Å². The van der Waals surface area contributed by atoms with Crippen molar-refractivity contribution in [3.63, 3.8) is 0 Å². The minimum absolute atomic E-state index is 0.561. The zero-order valence-electron chi connectivity index (χ0n) is 15.0. The molecule has 4 nitrogen and oxygen atoms in total. The molecule has 0 saturated heterocycles. The fraction of sp³-hybridized carbons (Fsp3) is 0.409. The highest BCUT2D eigenvalue weighted by atomic mass is 16.7. The van der Waals surface area contributed by atoms with Crippen LogP contribution in [-0.2, 0) is 15.1 Å². The largest absolute Gasteiger partial charge is 0.477 e. The summed E-state index contributed by atoms with van der Waals surface area (Å²) in [5.74, 6) is 0.0370. The number of rotatable bonds is 3. The van der Waals surface area contributed by atoms with Crippen LogP contribution in [0.15, 0.2) is 48.5 Å². The van der Waals surface area contributed by atoms with Crippen LogP contribution in [0.2, 0.25) is 0 Å². The second kappa shape index (κ2) is 6.76. The summed E-state index contributed by atoms with van der Waals surface area (Å²) in [7, 11) is 0. The van der Waals surface area contributed by atoms with Crippen LogP contribution >= 0.6 is 0 Å². The fourth-order valence-corrected chi connectivity index (χ4v) is 4.21. The van der Waals surface area contributed by atoms with Gasteiger partial charge in [-0.3, -0.25) is 0 Å². The lowest BCUT2D eigenvalue weighted by Crippen LogP contribution is -2.44. The minimum atomic E-state index is -1.31. The van der Waals surface area contributed by atoms with Gasteiger partial charge in [-0.2, -0.15) is 0 Å². The number of carboxylic acid groups (broad SMARTS) is 1. The molecule has 1 aliphatic heterocycles. The van der Waals surface area contributed by atoms with Gasteiger partial charge < -0.3 is 14.6 Å². The van der Waals surface area contributed by atoms with Crippen molar-refractivity contribution in [2.45, 2.75) is 56.8 Å². The van der Waals surface area contributed by atoms with E-state index in [1.807, 2.05) is 43.3 Å². The van der Waals surface area contributed by atoms with Crippen LogP contribution in [-0.4, -0.2) is 17.4 Å². The van der Waals surface area contributed by atoms with E-state index in [9.17, 15) is 9.90 Å². The highest BCUT2D eigenvalue weighted by Crippen LogP contribution is 2.45. The molecule has 0 aromatic heterocycles. The number of carbonyl (C=O) groups is 1. The number of ether oxygens (including phenoxy) is 2. The summed E-state index contributed by atoms with van der Waals surface area (Å²) in [6.07, 6.45) is 4.96. The fourth-order valence-electron chi connectivity index (χ4n) is 4.21. The van der Waals surface area contributed by atoms with Gasteiger partial charge in [-0.25, -0.2) is 4.79 Å². The average Bonchev–Trinajstić information content (AvgIpc) is 2.69. The lowest BCUT2D eigenvalue weighted by atomic mass is 9.80. The first-order chi connectivity index (χ1) is 12.6. The highest BCUT2D eigenvalue weighted by Gasteiger charge is 2.43. The van der Waals surface area contributed by atoms with Gasteiger partial charge in [0.2, 0.25) is 0 Å². The molecule has 0 amide bonds. The van der Waals surface area contributed by atoms with E-state index < -0.39 is 17.9 Å². The summed E-state index contributed by atoms with van der Waals surface area (Å²) in [6.45, 7) is 1.93. The molecule has 1 heterocycles. The Hall–Kier alpha value is -2.33. The number of carboxylic acids is 1. The van der Waals surface area contributed by atoms with Gasteiger partial charge in [-0.1, -0.05) is 55.7 Å². The molecule has 1 N–H and O–H groups in total. The summed E-state index contributed by atoms with van der Waals surface area (Å²) >= 11 is 0. The molecular weight excluding hydrogens is 328 g/mol. The third kappa shape index (κ3) is 2.99. The van der Waals surface area contributed by atoms with E-state index in [4.69, 9.17) is 9.47 Å². The van der Waals surface area contributed by atoms with Crippen LogP contribution < -0.4 is 4.74 Å². The van der Waals surface area contributed by atoms with E-state index >= 15 is 0 Å². The van der Waals surface area contributed by atoms with Crippen LogP contribution in [0.5, 0.6) is 5.75 Å². The van der Waals surface area contributed by atoms with Crippen molar-refractivity contribution in [3.8, 4) is 5.75 Å². The van der Waals surface area contributed by atoms with E-state index in [0.29, 0.717) is 11.7 Å². The van der Waals surface area contributed by atoms with Crippen molar-refractivity contribution in [2.24, 2.45) is 0 Å². The lowest BCUT2D eigenvalue weighted by molar-refractivity contribution is -0.201. The molecule has 26 heavy (non-hydrogen) atoms. The van der Waals surface area contributed by atoms with Gasteiger partial charge in [0.15, 0.2) is 0 Å². The first kappa shape index (κ1) is 17.1. The predicted octanol–water partition coefficient (Wildman–Crippen LogP) is 4.82. The molecule has 2 unspecified atom stereocenters. The second-order valence-corrected chi connectivity index (χ2v) is 7.40. The molecule has 136 valence electrons. The van der Waals surface area contributed by atoms with Gasteiger partial charge in [0.05, 0.1) is 0 Å². The SMILES string of the molecule is CC1(c2ccccc2)OC(C(=O)O)Oc2ccc(C3CCCCC3)cc21. The van der Waals surface area contributed by atoms with Gasteiger partial charge in [-0.05, 0) is 48.9 Å². The number of hydrogen-bond donors (Lipinski definition) is 1. The smallest absolute Gasteiger partial charge is 0.373 e. The average molecular weight is 352 g/mol. The zero-order valence-corrected chi connectivity index (χ0v) is 15.0. The van der Waals surface area contributed by atoms with Gasteiger partial charge in [0, 0.05) is 5.56 Å². The normalized spacial score (nSPS) is 26.0. The summed E-state index contributed by atoms with van der Waals surface area (Å²) < 4.78 is 11.6. The van der Waals surface area contributed by atoms with Crippen LogP contribution in [0, 0.1) is 0 Å². The summed E-state index contributed by atoms with van der Waals surface area (Å²) in [5, 5.41) is 9.45. The third-order valence-corrected chi connectivity index (χ3v) is 5.70. The van der Waals surface area contributed by atoms with Crippen LogP contribution in [0.4, 0.5) is 0 Å². The molecule has 1 fully saturated rings. The van der Waals surface area contributed by atoms with Crippen molar-refractivity contribution in [3.05, 3.63) is 65.2 Å². The molecule has 4 rings (SSSR count). The van der Waals surface area contributed by atoms with Crippen molar-refractivity contribution < 1.29 is 19.4 Å². The number of benzene rings is 2. The maximum atomic E-state index is 11.5. The third-order valence-electron chi connectivity index (χ3n) is 5.70. The Kier molecular flexibility index (Phi) is 4.45. The van der Waals surface area contributed by atoms with E-state index in [0.717, 1.165) is 11.1 Å². The van der Waals surface area contributed by atoms with E-state index in [1.54, 1.807) is 0 Å². The molecule has 0 bridgehead atoms. The van der Waals surface area contributed by atoms with Crippen molar-refractivity contribution in [2.75, 3.05) is 0 Å². The first-order valence-electron chi connectivity index (χ1n) is 9.35. The number of fused-ring (bicyclic) bond motifs is 1. The van der Waals surface area contributed by atoms with Crippen LogP contribution in [0.25, 0.3) is 0 Å². The van der Waals surface area contributed by atoms with Gasteiger partial charge >= 0.3 is 5.97 Å². The second-order valence-electron chi connectivity index (χ2n) is 7.40. The zero-order chi connectivity index (χ0) is 18.1. The Balaban J connectivity index is 1.80. The Bertz CT molecular complexity index is 795. The molecule has 0 spiro atoms. The first-order valence-corrected chi connectivity index (χ1v) is 9.35. The standard InChI is InChI=1S/C22H24O4/c1-22(17-10-6-3-7-11-17)18-14-16(15-8-4-2-5-9-15)12-13-19(18)25-21(26-22)20(23)24/h3,6-7,10-15,21H,2,4-5,8-9H2,1H3,(H,23,24). The monoisotopic (exact) mass is 352 g/mol. The topological polar surface area (TPSA) is 55.8 Å². The van der Waals surface area contributed by atoms with Gasteiger partial charge in [0.25, 0.3) is 6.29 Å². The van der Waals surface area contributed by atoms with E-state index in [1.165, 1.54) is 37.7 Å². The Morgan fingerprint density at radius 1 is 1.08 bits per heavy atom. The molecule has 0 radical (unpaired) electrons. The molecular formula is C22H24O4. The highest BCUT2D eigenvalue weighted by molar-refractivity contribution is 5.72. The molecule has 4 heteroatoms. The van der Waals surface area contributed by atoms with E-state index in [2.05, 4.69) is 12.1 Å². The molecule has 2 aliphatic rings. The quantitative estimate of drug-likeness (QED) is 0.861. The molecule has 2 aromatic rings. The molecule has 1 aliphatic carbocycles. The number of hydrogen-bond acceptors (Lipinski definition) is 3. The van der Waals surface area contributed by atoms with Crippen molar-refractivity contribution in [1.29, 1.82) is 0 Å². The molecule has 2 atom stereocenters. The summed E-state index contributed by atoms with van der Waals surface area (Å²) in [4.78, 5) is 11.5. The summed E-state index contributed by atoms with van der Waals surface area (Å²) in [5.41, 5.74) is 2.27. The maximum absolute atomic E-state index is 11.5. The van der Waals surface area contributed by atoms with Crippen molar-refractivity contribution >= 4 is 5.97 Å². The van der Waals surface area contributed by atoms with Crippen molar-refractivity contribution in [1.82, 2.24) is 0 Å². The maximum Gasteiger partial charge on any atom is 0.373 e. The van der Waals surface area contributed by atoms with Gasteiger partial charge in [0.1, 0.15) is 11.4 Å². The van der Waals surface area contributed by atoms with Gasteiger partial charge in [-0.15, -0.1) is 0 Å². The minimum Gasteiger partial charge on any atom is -0.477 e. The molecule has 1 saturated carbocycles. The number of aliphatic carboxylic acids is 1. The van der Waals surface area contributed by atoms with Crippen LogP contribution in [0.1, 0.15) is 61.6 Å². The molecule has 2 aromatic carbocycles.